The fourth-order valence-electron chi connectivity index (χ4n) is 3.39. The molecule has 2 N–H and O–H groups in total. The maximum absolute atomic E-state index is 11.3. The van der Waals surface area contributed by atoms with Gasteiger partial charge in [0.15, 0.2) is 0 Å². The van der Waals surface area contributed by atoms with E-state index in [2.05, 4.69) is 16.0 Å². The average Bonchev–Trinajstić information content (AvgIpc) is 2.68. The van der Waals surface area contributed by atoms with Gasteiger partial charge in [0.05, 0.1) is 14.2 Å². The predicted molar refractivity (Wildman–Crippen MR) is 100.0 cm³/mol. The monoisotopic (exact) mass is 355 g/mol. The number of piperidine rings is 1. The van der Waals surface area contributed by atoms with E-state index in [9.17, 15) is 4.79 Å². The second kappa shape index (κ2) is 8.19. The molecule has 0 spiro atoms. The van der Waals surface area contributed by atoms with Crippen molar-refractivity contribution in [3.63, 3.8) is 0 Å². The molecule has 2 aromatic rings. The minimum Gasteiger partial charge on any atom is -0.497 e. The lowest BCUT2D eigenvalue weighted by atomic mass is 9.96. The predicted octanol–water partition coefficient (Wildman–Crippen LogP) is 2.46. The highest BCUT2D eigenvalue weighted by Crippen LogP contribution is 2.33. The van der Waals surface area contributed by atoms with Gasteiger partial charge in [0.1, 0.15) is 11.5 Å². The van der Waals surface area contributed by atoms with Crippen LogP contribution in [0.2, 0.25) is 0 Å². The van der Waals surface area contributed by atoms with Crippen LogP contribution in [0.3, 0.4) is 0 Å². The van der Waals surface area contributed by atoms with Crippen molar-refractivity contribution >= 4 is 5.91 Å². The van der Waals surface area contributed by atoms with Gasteiger partial charge in [0.25, 0.3) is 0 Å². The molecule has 1 amide bonds. The van der Waals surface area contributed by atoms with Gasteiger partial charge in [-0.3, -0.25) is 14.7 Å². The quantitative estimate of drug-likeness (QED) is 0.861. The van der Waals surface area contributed by atoms with Crippen LogP contribution in [-0.4, -0.2) is 43.1 Å². The number of hydrogen-bond donors (Lipinski definition) is 1. The summed E-state index contributed by atoms with van der Waals surface area (Å²) in [6, 6.07) is 7.86. The van der Waals surface area contributed by atoms with E-state index in [4.69, 9.17) is 15.2 Å². The number of likely N-dealkylation sites (tertiary alicyclic amines) is 1. The Morgan fingerprint density at radius 2 is 1.96 bits per heavy atom. The molecule has 0 atom stereocenters. The van der Waals surface area contributed by atoms with Crippen LogP contribution >= 0.6 is 0 Å². The third kappa shape index (κ3) is 4.14. The second-order valence-electron chi connectivity index (χ2n) is 6.60. The van der Waals surface area contributed by atoms with E-state index in [1.165, 1.54) is 0 Å². The van der Waals surface area contributed by atoms with Gasteiger partial charge in [-0.05, 0) is 55.8 Å². The van der Waals surface area contributed by atoms with Crippen molar-refractivity contribution in [1.82, 2.24) is 9.88 Å². The highest BCUT2D eigenvalue weighted by atomic mass is 16.5. The molecule has 1 fully saturated rings. The first kappa shape index (κ1) is 18.2. The van der Waals surface area contributed by atoms with E-state index in [0.717, 1.165) is 60.7 Å². The molecule has 0 unspecified atom stereocenters. The summed E-state index contributed by atoms with van der Waals surface area (Å²) in [5.41, 5.74) is 8.48. The summed E-state index contributed by atoms with van der Waals surface area (Å²) in [5, 5.41) is 0. The second-order valence-corrected chi connectivity index (χ2v) is 6.60. The number of nitrogens with two attached hydrogens (primary N) is 1. The maximum Gasteiger partial charge on any atom is 0.220 e. The standard InChI is InChI=1S/C20H25N3O3/c1-25-17-3-4-19(26-2)18(10-17)16-9-14(11-22-12-16)13-23-7-5-15(6-8-23)20(21)24/h3-4,9-12,15H,5-8,13H2,1-2H3,(H2,21,24). The average molecular weight is 355 g/mol. The molecule has 6 heteroatoms. The first-order valence-corrected chi connectivity index (χ1v) is 8.78. The molecular weight excluding hydrogens is 330 g/mol. The Morgan fingerprint density at radius 1 is 1.19 bits per heavy atom. The molecule has 0 aliphatic carbocycles. The first-order valence-electron chi connectivity index (χ1n) is 8.78. The zero-order chi connectivity index (χ0) is 18.5. The Labute approximate surface area is 153 Å². The normalized spacial score (nSPS) is 15.6. The molecule has 6 nitrogen and oxygen atoms in total. The van der Waals surface area contributed by atoms with Crippen molar-refractivity contribution < 1.29 is 14.3 Å². The van der Waals surface area contributed by atoms with E-state index in [0.29, 0.717) is 0 Å². The molecule has 0 saturated carbocycles. The summed E-state index contributed by atoms with van der Waals surface area (Å²) < 4.78 is 10.8. The van der Waals surface area contributed by atoms with Crippen LogP contribution < -0.4 is 15.2 Å². The van der Waals surface area contributed by atoms with Crippen molar-refractivity contribution in [2.45, 2.75) is 19.4 Å². The Kier molecular flexibility index (Phi) is 5.73. The van der Waals surface area contributed by atoms with Crippen LogP contribution in [0.25, 0.3) is 11.1 Å². The Bertz CT molecular complexity index is 771. The van der Waals surface area contributed by atoms with Crippen molar-refractivity contribution in [3.8, 4) is 22.6 Å². The van der Waals surface area contributed by atoms with Gasteiger partial charge in [-0.25, -0.2) is 0 Å². The zero-order valence-electron chi connectivity index (χ0n) is 15.3. The van der Waals surface area contributed by atoms with E-state index >= 15 is 0 Å². The van der Waals surface area contributed by atoms with Crippen LogP contribution in [0.1, 0.15) is 18.4 Å². The van der Waals surface area contributed by atoms with Gasteiger partial charge >= 0.3 is 0 Å². The molecule has 3 rings (SSSR count). The topological polar surface area (TPSA) is 77.7 Å². The van der Waals surface area contributed by atoms with E-state index in [-0.39, 0.29) is 11.8 Å². The molecule has 1 aromatic heterocycles. The van der Waals surface area contributed by atoms with Crippen LogP contribution in [0, 0.1) is 5.92 Å². The molecule has 1 aliphatic heterocycles. The molecule has 0 radical (unpaired) electrons. The van der Waals surface area contributed by atoms with Gasteiger partial charge in [-0.1, -0.05) is 0 Å². The fourth-order valence-corrected chi connectivity index (χ4v) is 3.39. The number of ether oxygens (including phenoxy) is 2. The lowest BCUT2D eigenvalue weighted by molar-refractivity contribution is -0.123. The Hall–Kier alpha value is -2.60. The van der Waals surface area contributed by atoms with Gasteiger partial charge in [0, 0.05) is 36.0 Å². The molecular formula is C20H25N3O3. The molecule has 26 heavy (non-hydrogen) atoms. The van der Waals surface area contributed by atoms with Gasteiger partial charge in [-0.2, -0.15) is 0 Å². The largest absolute Gasteiger partial charge is 0.497 e. The number of methoxy groups -OCH3 is 2. The zero-order valence-corrected chi connectivity index (χ0v) is 15.3. The summed E-state index contributed by atoms with van der Waals surface area (Å²) >= 11 is 0. The third-order valence-electron chi connectivity index (χ3n) is 4.91. The highest BCUT2D eigenvalue weighted by molar-refractivity contribution is 5.76. The van der Waals surface area contributed by atoms with Crippen LogP contribution in [0.15, 0.2) is 36.7 Å². The minimum atomic E-state index is -0.182. The van der Waals surface area contributed by atoms with E-state index in [1.807, 2.05) is 30.6 Å². The summed E-state index contributed by atoms with van der Waals surface area (Å²) in [7, 11) is 3.31. The van der Waals surface area contributed by atoms with Gasteiger partial charge in [-0.15, -0.1) is 0 Å². The van der Waals surface area contributed by atoms with Crippen LogP contribution in [0.5, 0.6) is 11.5 Å². The molecule has 0 bridgehead atoms. The molecule has 1 aliphatic rings. The summed E-state index contributed by atoms with van der Waals surface area (Å²) in [4.78, 5) is 18.0. The molecule has 2 heterocycles. The van der Waals surface area contributed by atoms with Crippen LogP contribution in [-0.2, 0) is 11.3 Å². The van der Waals surface area contributed by atoms with Crippen molar-refractivity contribution in [2.75, 3.05) is 27.3 Å². The number of pyridine rings is 1. The summed E-state index contributed by atoms with van der Waals surface area (Å²) in [6.45, 7) is 2.55. The molecule has 138 valence electrons. The fraction of sp³-hybridized carbons (Fsp3) is 0.400. The van der Waals surface area contributed by atoms with E-state index < -0.39 is 0 Å². The Morgan fingerprint density at radius 3 is 2.62 bits per heavy atom. The molecule has 1 saturated heterocycles. The Balaban J connectivity index is 1.76. The lowest BCUT2D eigenvalue weighted by Gasteiger charge is -2.30. The summed E-state index contributed by atoms with van der Waals surface area (Å²) in [6.07, 6.45) is 5.37. The smallest absolute Gasteiger partial charge is 0.220 e. The number of nitrogens with zero attached hydrogens (tertiary/aromatic N) is 2. The number of carbonyl (C=O) groups is 1. The van der Waals surface area contributed by atoms with Gasteiger partial charge < -0.3 is 15.2 Å². The first-order chi connectivity index (χ1) is 12.6. The van der Waals surface area contributed by atoms with Gasteiger partial charge in [0.2, 0.25) is 5.91 Å². The maximum atomic E-state index is 11.3. The number of hydrogen-bond acceptors (Lipinski definition) is 5. The number of rotatable bonds is 6. The number of aromatic nitrogens is 1. The van der Waals surface area contributed by atoms with Crippen LogP contribution in [0.4, 0.5) is 0 Å². The lowest BCUT2D eigenvalue weighted by Crippen LogP contribution is -2.38. The van der Waals surface area contributed by atoms with Crippen molar-refractivity contribution in [1.29, 1.82) is 0 Å². The van der Waals surface area contributed by atoms with Crippen molar-refractivity contribution in [3.05, 3.63) is 42.2 Å². The minimum absolute atomic E-state index is 0.0109. The third-order valence-corrected chi connectivity index (χ3v) is 4.91. The highest BCUT2D eigenvalue weighted by Gasteiger charge is 2.23. The summed E-state index contributed by atoms with van der Waals surface area (Å²) in [5.74, 6) is 1.39. The van der Waals surface area contributed by atoms with Crippen molar-refractivity contribution in [2.24, 2.45) is 11.7 Å². The number of primary amides is 1. The SMILES string of the molecule is COc1ccc(OC)c(-c2cncc(CN3CCC(C(N)=O)CC3)c2)c1. The molecule has 1 aromatic carbocycles. The number of amides is 1. The van der Waals surface area contributed by atoms with E-state index in [1.54, 1.807) is 14.2 Å². The number of benzene rings is 1. The number of carbonyl (C=O) groups excluding carboxylic acids is 1.